The molecule has 1 aromatic heterocycles. The predicted molar refractivity (Wildman–Crippen MR) is 82.8 cm³/mol. The zero-order valence-corrected chi connectivity index (χ0v) is 13.7. The highest BCUT2D eigenvalue weighted by Crippen LogP contribution is 2.39. The number of nitrogens with zero attached hydrogens (tertiary/aromatic N) is 4. The van der Waals surface area contributed by atoms with Crippen molar-refractivity contribution >= 4 is 11.7 Å². The van der Waals surface area contributed by atoms with Gasteiger partial charge in [0.2, 0.25) is 5.91 Å². The van der Waals surface area contributed by atoms with Crippen LogP contribution in [-0.2, 0) is 11.0 Å². The van der Waals surface area contributed by atoms with Crippen LogP contribution in [0.5, 0.6) is 0 Å². The SMILES string of the molecule is O=C1CC[C@]2(CCCN(c3cc(C(F)(F)F)ncn3)CC2)N1CCF. The van der Waals surface area contributed by atoms with Gasteiger partial charge in [-0.3, -0.25) is 4.79 Å². The number of hydrogen-bond acceptors (Lipinski definition) is 4. The topological polar surface area (TPSA) is 49.3 Å². The van der Waals surface area contributed by atoms with E-state index in [4.69, 9.17) is 0 Å². The summed E-state index contributed by atoms with van der Waals surface area (Å²) in [5.41, 5.74) is -1.34. The largest absolute Gasteiger partial charge is 0.433 e. The van der Waals surface area contributed by atoms with Crippen molar-refractivity contribution in [2.24, 2.45) is 0 Å². The fourth-order valence-corrected chi connectivity index (χ4v) is 3.92. The van der Waals surface area contributed by atoms with Gasteiger partial charge in [-0.2, -0.15) is 13.2 Å². The average Bonchev–Trinajstić information content (AvgIpc) is 2.75. The molecule has 0 aromatic carbocycles. The number of alkyl halides is 4. The number of hydrogen-bond donors (Lipinski definition) is 0. The van der Waals surface area contributed by atoms with E-state index in [1.807, 2.05) is 0 Å². The molecule has 9 heteroatoms. The molecule has 2 fully saturated rings. The molecule has 1 spiro atoms. The Morgan fingerprint density at radius 3 is 2.68 bits per heavy atom. The quantitative estimate of drug-likeness (QED) is 0.778. The lowest BCUT2D eigenvalue weighted by molar-refractivity contribution is -0.141. The van der Waals surface area contributed by atoms with Gasteiger partial charge in [-0.25, -0.2) is 14.4 Å². The molecule has 0 N–H and O–H groups in total. The van der Waals surface area contributed by atoms with E-state index in [0.29, 0.717) is 38.8 Å². The van der Waals surface area contributed by atoms with Crippen molar-refractivity contribution in [3.05, 3.63) is 18.1 Å². The van der Waals surface area contributed by atoms with Gasteiger partial charge >= 0.3 is 6.18 Å². The summed E-state index contributed by atoms with van der Waals surface area (Å²) in [6.45, 7) is 0.528. The molecule has 0 bridgehead atoms. The van der Waals surface area contributed by atoms with Crippen LogP contribution in [0.1, 0.15) is 37.8 Å². The van der Waals surface area contributed by atoms with Crippen LogP contribution in [0.4, 0.5) is 23.4 Å². The minimum Gasteiger partial charge on any atom is -0.356 e. The lowest BCUT2D eigenvalue weighted by atomic mass is 9.88. The molecule has 138 valence electrons. The molecule has 0 aliphatic carbocycles. The first kappa shape index (κ1) is 17.9. The van der Waals surface area contributed by atoms with Crippen molar-refractivity contribution in [2.75, 3.05) is 31.2 Å². The molecule has 25 heavy (non-hydrogen) atoms. The van der Waals surface area contributed by atoms with E-state index in [2.05, 4.69) is 9.97 Å². The van der Waals surface area contributed by atoms with Crippen molar-refractivity contribution < 1.29 is 22.4 Å². The van der Waals surface area contributed by atoms with Gasteiger partial charge in [-0.15, -0.1) is 0 Å². The number of halogens is 4. The summed E-state index contributed by atoms with van der Waals surface area (Å²) in [6.07, 6.45) is -0.463. The Bertz CT molecular complexity index is 639. The Morgan fingerprint density at radius 2 is 1.96 bits per heavy atom. The maximum Gasteiger partial charge on any atom is 0.433 e. The molecule has 0 unspecified atom stereocenters. The van der Waals surface area contributed by atoms with Gasteiger partial charge in [0.05, 0.1) is 0 Å². The second kappa shape index (κ2) is 6.76. The summed E-state index contributed by atoms with van der Waals surface area (Å²) in [6, 6.07) is 0.955. The van der Waals surface area contributed by atoms with Gasteiger partial charge < -0.3 is 9.80 Å². The van der Waals surface area contributed by atoms with Crippen molar-refractivity contribution in [3.8, 4) is 0 Å². The fourth-order valence-electron chi connectivity index (χ4n) is 3.92. The van der Waals surface area contributed by atoms with Crippen LogP contribution >= 0.6 is 0 Å². The molecule has 1 amide bonds. The molecular weight excluding hydrogens is 340 g/mol. The van der Waals surface area contributed by atoms with Gasteiger partial charge in [0.25, 0.3) is 0 Å². The van der Waals surface area contributed by atoms with E-state index in [1.165, 1.54) is 0 Å². The standard InChI is InChI=1S/C16H20F4N4O/c17-6-9-24-14(25)2-4-15(24)3-1-7-23(8-5-15)13-10-12(16(18,19)20)21-11-22-13/h10-11H,1-9H2/t15-/m0/s1. The number of carbonyl (C=O) groups is 1. The zero-order chi connectivity index (χ0) is 18.1. The highest BCUT2D eigenvalue weighted by Gasteiger charge is 2.45. The molecule has 0 radical (unpaired) electrons. The van der Waals surface area contributed by atoms with E-state index in [-0.39, 0.29) is 23.8 Å². The van der Waals surface area contributed by atoms with Gasteiger partial charge in [0.15, 0.2) is 0 Å². The third-order valence-corrected chi connectivity index (χ3v) is 5.17. The molecule has 5 nitrogen and oxygen atoms in total. The molecule has 3 rings (SSSR count). The zero-order valence-electron chi connectivity index (χ0n) is 13.7. The van der Waals surface area contributed by atoms with Crippen molar-refractivity contribution in [2.45, 2.75) is 43.8 Å². The van der Waals surface area contributed by atoms with Gasteiger partial charge in [-0.05, 0) is 25.7 Å². The molecule has 2 aliphatic heterocycles. The maximum absolute atomic E-state index is 12.8. The predicted octanol–water partition coefficient (Wildman–Crippen LogP) is 2.82. The number of carbonyl (C=O) groups excluding carboxylic acids is 1. The van der Waals surface area contributed by atoms with Crippen molar-refractivity contribution in [1.82, 2.24) is 14.9 Å². The molecule has 2 aliphatic rings. The minimum atomic E-state index is -4.51. The highest BCUT2D eigenvalue weighted by atomic mass is 19.4. The number of anilines is 1. The highest BCUT2D eigenvalue weighted by molar-refractivity contribution is 5.79. The van der Waals surface area contributed by atoms with Gasteiger partial charge in [0, 0.05) is 37.7 Å². The molecule has 2 saturated heterocycles. The van der Waals surface area contributed by atoms with Gasteiger partial charge in [-0.1, -0.05) is 0 Å². The Kier molecular flexibility index (Phi) is 4.83. The molecular formula is C16H20F4N4O. The third kappa shape index (κ3) is 3.55. The second-order valence-corrected chi connectivity index (χ2v) is 6.56. The molecule has 3 heterocycles. The van der Waals surface area contributed by atoms with Crippen LogP contribution in [0.25, 0.3) is 0 Å². The first-order chi connectivity index (χ1) is 11.9. The van der Waals surface area contributed by atoms with E-state index in [0.717, 1.165) is 18.8 Å². The average molecular weight is 360 g/mol. The Hall–Kier alpha value is -1.93. The van der Waals surface area contributed by atoms with Crippen LogP contribution in [0.2, 0.25) is 0 Å². The Labute approximate surface area is 143 Å². The van der Waals surface area contributed by atoms with E-state index >= 15 is 0 Å². The number of amides is 1. The summed E-state index contributed by atoms with van der Waals surface area (Å²) < 4.78 is 51.4. The number of aromatic nitrogens is 2. The second-order valence-electron chi connectivity index (χ2n) is 6.56. The fraction of sp³-hybridized carbons (Fsp3) is 0.688. The molecule has 1 atom stereocenters. The van der Waals surface area contributed by atoms with E-state index in [1.54, 1.807) is 9.80 Å². The summed E-state index contributed by atoms with van der Waals surface area (Å²) in [5.74, 6) is 0.202. The van der Waals surface area contributed by atoms with Gasteiger partial charge in [0.1, 0.15) is 24.5 Å². The lowest BCUT2D eigenvalue weighted by Gasteiger charge is -2.37. The summed E-state index contributed by atoms with van der Waals surface area (Å²) >= 11 is 0. The first-order valence-electron chi connectivity index (χ1n) is 8.36. The number of likely N-dealkylation sites (tertiary alicyclic amines) is 1. The minimum absolute atomic E-state index is 0.0347. The van der Waals surface area contributed by atoms with Crippen LogP contribution < -0.4 is 4.90 Å². The monoisotopic (exact) mass is 360 g/mol. The Balaban J connectivity index is 1.77. The van der Waals surface area contributed by atoms with Crippen LogP contribution in [0.3, 0.4) is 0 Å². The maximum atomic E-state index is 12.8. The molecule has 0 saturated carbocycles. The van der Waals surface area contributed by atoms with E-state index < -0.39 is 18.5 Å². The van der Waals surface area contributed by atoms with E-state index in [9.17, 15) is 22.4 Å². The smallest absolute Gasteiger partial charge is 0.356 e. The summed E-state index contributed by atoms with van der Waals surface area (Å²) in [7, 11) is 0. The normalized spacial score (nSPS) is 24.9. The van der Waals surface area contributed by atoms with Crippen LogP contribution in [0, 0.1) is 0 Å². The third-order valence-electron chi connectivity index (χ3n) is 5.17. The molecule has 1 aromatic rings. The summed E-state index contributed by atoms with van der Waals surface area (Å²) in [4.78, 5) is 22.8. The van der Waals surface area contributed by atoms with Crippen LogP contribution in [0.15, 0.2) is 12.4 Å². The first-order valence-corrected chi connectivity index (χ1v) is 8.36. The lowest BCUT2D eigenvalue weighted by Crippen LogP contribution is -2.47. The van der Waals surface area contributed by atoms with Crippen molar-refractivity contribution in [1.29, 1.82) is 0 Å². The number of rotatable bonds is 3. The van der Waals surface area contributed by atoms with Crippen molar-refractivity contribution in [3.63, 3.8) is 0 Å². The Morgan fingerprint density at radius 1 is 1.16 bits per heavy atom. The van der Waals surface area contributed by atoms with Crippen LogP contribution in [-0.4, -0.2) is 52.6 Å². The summed E-state index contributed by atoms with van der Waals surface area (Å²) in [5, 5.41) is 0.